The fourth-order valence-corrected chi connectivity index (χ4v) is 3.64. The van der Waals surface area contributed by atoms with Crippen molar-refractivity contribution in [3.8, 4) is 0 Å². The fourth-order valence-electron chi connectivity index (χ4n) is 3.64. The molecule has 0 unspecified atom stereocenters. The minimum absolute atomic E-state index is 0.775. The van der Waals surface area contributed by atoms with Gasteiger partial charge in [-0.1, -0.05) is 89.0 Å². The van der Waals surface area contributed by atoms with E-state index in [9.17, 15) is 0 Å². The Hall–Kier alpha value is -1.96. The predicted octanol–water partition coefficient (Wildman–Crippen LogP) is 6.91. The van der Waals surface area contributed by atoms with Crippen molar-refractivity contribution < 1.29 is 0 Å². The Kier molecular flexibility index (Phi) is 9.83. The minimum atomic E-state index is 0.775. The molecule has 0 spiro atoms. The molecule has 27 heavy (non-hydrogen) atoms. The van der Waals surface area contributed by atoms with Gasteiger partial charge in [-0.05, 0) is 54.2 Å². The number of aryl methyl sites for hydroxylation is 1. The molecule has 2 aromatic rings. The van der Waals surface area contributed by atoms with Crippen LogP contribution < -0.4 is 11.5 Å². The van der Waals surface area contributed by atoms with Crippen LogP contribution in [0, 0.1) is 0 Å². The van der Waals surface area contributed by atoms with Crippen molar-refractivity contribution in [1.82, 2.24) is 0 Å². The molecule has 2 heteroatoms. The number of hydrogen-bond donors (Lipinski definition) is 2. The third-order valence-corrected chi connectivity index (χ3v) is 5.40. The summed E-state index contributed by atoms with van der Waals surface area (Å²) in [5, 5.41) is 0. The normalized spacial score (nSPS) is 11.0. The van der Waals surface area contributed by atoms with E-state index in [4.69, 9.17) is 11.5 Å². The molecule has 0 aromatic heterocycles. The van der Waals surface area contributed by atoms with Crippen molar-refractivity contribution in [2.24, 2.45) is 0 Å². The third-order valence-electron chi connectivity index (χ3n) is 5.40. The van der Waals surface area contributed by atoms with E-state index in [1.165, 1.54) is 81.8 Å². The molecular weight excluding hydrogens is 328 g/mol. The van der Waals surface area contributed by atoms with Crippen molar-refractivity contribution in [2.45, 2.75) is 84.0 Å². The van der Waals surface area contributed by atoms with Gasteiger partial charge in [-0.2, -0.15) is 0 Å². The largest absolute Gasteiger partial charge is 0.399 e. The van der Waals surface area contributed by atoms with Crippen LogP contribution in [0.4, 0.5) is 11.4 Å². The summed E-state index contributed by atoms with van der Waals surface area (Å²) in [7, 11) is 0. The number of unbranched alkanes of at least 4 members (excludes halogenated alkanes) is 9. The van der Waals surface area contributed by atoms with Crippen molar-refractivity contribution in [3.05, 3.63) is 59.2 Å². The van der Waals surface area contributed by atoms with Crippen LogP contribution in [0.3, 0.4) is 0 Å². The second kappa shape index (κ2) is 12.4. The lowest BCUT2D eigenvalue weighted by molar-refractivity contribution is 0.556. The molecule has 0 atom stereocenters. The molecule has 0 aliphatic carbocycles. The smallest absolute Gasteiger partial charge is 0.0351 e. The number of nitrogens with two attached hydrogens (primary N) is 2. The molecule has 0 saturated heterocycles. The lowest BCUT2D eigenvalue weighted by Crippen LogP contribution is -1.98. The average Bonchev–Trinajstić information content (AvgIpc) is 2.67. The molecule has 4 N–H and O–H groups in total. The topological polar surface area (TPSA) is 52.0 Å². The molecule has 0 amide bonds. The molecule has 0 bridgehead atoms. The summed E-state index contributed by atoms with van der Waals surface area (Å²) in [6, 6.07) is 14.7. The second-order valence-electron chi connectivity index (χ2n) is 7.88. The van der Waals surface area contributed by atoms with E-state index in [-0.39, 0.29) is 0 Å². The Labute approximate surface area is 166 Å². The summed E-state index contributed by atoms with van der Waals surface area (Å²) in [6.45, 7) is 2.28. The summed E-state index contributed by atoms with van der Waals surface area (Å²) < 4.78 is 0. The van der Waals surface area contributed by atoms with E-state index in [0.717, 1.165) is 23.4 Å². The van der Waals surface area contributed by atoms with Crippen LogP contribution in [0.25, 0.3) is 0 Å². The highest BCUT2D eigenvalue weighted by atomic mass is 14.6. The maximum absolute atomic E-state index is 6.06. The minimum Gasteiger partial charge on any atom is -0.399 e. The molecule has 148 valence electrons. The van der Waals surface area contributed by atoms with Crippen molar-refractivity contribution in [1.29, 1.82) is 0 Å². The Balaban J connectivity index is 1.61. The first-order valence-electron chi connectivity index (χ1n) is 10.9. The highest BCUT2D eigenvalue weighted by molar-refractivity contribution is 5.56. The summed E-state index contributed by atoms with van der Waals surface area (Å²) >= 11 is 0. The molecule has 0 aliphatic heterocycles. The van der Waals surface area contributed by atoms with E-state index in [1.807, 2.05) is 18.2 Å². The fraction of sp³-hybridized carbons (Fsp3) is 0.520. The lowest BCUT2D eigenvalue weighted by Gasteiger charge is -2.08. The van der Waals surface area contributed by atoms with Gasteiger partial charge in [-0.25, -0.2) is 0 Å². The van der Waals surface area contributed by atoms with E-state index >= 15 is 0 Å². The Bertz CT molecular complexity index is 646. The summed E-state index contributed by atoms with van der Waals surface area (Å²) in [6.07, 6.45) is 16.0. The maximum Gasteiger partial charge on any atom is 0.0351 e. The highest BCUT2D eigenvalue weighted by Crippen LogP contribution is 2.20. The van der Waals surface area contributed by atoms with Gasteiger partial charge in [0.25, 0.3) is 0 Å². The molecule has 0 fully saturated rings. The second-order valence-corrected chi connectivity index (χ2v) is 7.88. The van der Waals surface area contributed by atoms with E-state index in [0.29, 0.717) is 0 Å². The molecule has 0 aliphatic rings. The quantitative estimate of drug-likeness (QED) is 0.299. The molecule has 2 nitrogen and oxygen atoms in total. The van der Waals surface area contributed by atoms with Gasteiger partial charge in [0.2, 0.25) is 0 Å². The van der Waals surface area contributed by atoms with Crippen LogP contribution in [0.2, 0.25) is 0 Å². The Morgan fingerprint density at radius 1 is 0.630 bits per heavy atom. The van der Waals surface area contributed by atoms with Crippen LogP contribution in [0.5, 0.6) is 0 Å². The van der Waals surface area contributed by atoms with Crippen LogP contribution in [0.1, 0.15) is 87.8 Å². The monoisotopic (exact) mass is 366 g/mol. The molecule has 2 aromatic carbocycles. The zero-order valence-electron chi connectivity index (χ0n) is 17.2. The molecule has 0 radical (unpaired) electrons. The Morgan fingerprint density at radius 2 is 1.19 bits per heavy atom. The molecular formula is C25H38N2. The van der Waals surface area contributed by atoms with Gasteiger partial charge in [-0.3, -0.25) is 0 Å². The highest BCUT2D eigenvalue weighted by Gasteiger charge is 2.02. The van der Waals surface area contributed by atoms with Gasteiger partial charge >= 0.3 is 0 Å². The summed E-state index contributed by atoms with van der Waals surface area (Å²) in [5.41, 5.74) is 17.4. The van der Waals surface area contributed by atoms with Gasteiger partial charge in [0.15, 0.2) is 0 Å². The van der Waals surface area contributed by atoms with E-state index in [1.54, 1.807) is 0 Å². The van der Waals surface area contributed by atoms with Crippen molar-refractivity contribution in [3.63, 3.8) is 0 Å². The number of anilines is 2. The number of benzene rings is 2. The predicted molar refractivity (Wildman–Crippen MR) is 120 cm³/mol. The SMILES string of the molecule is CCCCCCCCCCCCc1ccc(Cc2cc(N)ccc2N)cc1. The van der Waals surface area contributed by atoms with Gasteiger partial charge in [0.05, 0.1) is 0 Å². The van der Waals surface area contributed by atoms with E-state index in [2.05, 4.69) is 31.2 Å². The van der Waals surface area contributed by atoms with Gasteiger partial charge in [0, 0.05) is 11.4 Å². The molecule has 2 rings (SSSR count). The zero-order chi connectivity index (χ0) is 19.3. The number of rotatable bonds is 13. The standard InChI is InChI=1S/C25H38N2/c1-2-3-4-5-6-7-8-9-10-11-12-21-13-15-22(16-14-21)19-23-20-24(26)17-18-25(23)27/h13-18,20H,2-12,19,26-27H2,1H3. The lowest BCUT2D eigenvalue weighted by atomic mass is 9.99. The molecule has 0 heterocycles. The van der Waals surface area contributed by atoms with Crippen molar-refractivity contribution >= 4 is 11.4 Å². The summed E-state index contributed by atoms with van der Waals surface area (Å²) in [5.74, 6) is 0. The first kappa shape index (κ1) is 21.3. The summed E-state index contributed by atoms with van der Waals surface area (Å²) in [4.78, 5) is 0. The third kappa shape index (κ3) is 8.51. The van der Waals surface area contributed by atoms with Gasteiger partial charge in [0.1, 0.15) is 0 Å². The van der Waals surface area contributed by atoms with Crippen LogP contribution in [-0.2, 0) is 12.8 Å². The van der Waals surface area contributed by atoms with Crippen LogP contribution in [0.15, 0.2) is 42.5 Å². The Morgan fingerprint density at radius 3 is 1.81 bits per heavy atom. The average molecular weight is 367 g/mol. The van der Waals surface area contributed by atoms with Crippen LogP contribution in [-0.4, -0.2) is 0 Å². The van der Waals surface area contributed by atoms with Crippen LogP contribution >= 0.6 is 0 Å². The first-order valence-corrected chi connectivity index (χ1v) is 10.9. The first-order chi connectivity index (χ1) is 13.2. The molecule has 0 saturated carbocycles. The van der Waals surface area contributed by atoms with Gasteiger partial charge < -0.3 is 11.5 Å². The number of nitrogen functional groups attached to an aromatic ring is 2. The van der Waals surface area contributed by atoms with Gasteiger partial charge in [-0.15, -0.1) is 0 Å². The van der Waals surface area contributed by atoms with Crippen molar-refractivity contribution in [2.75, 3.05) is 11.5 Å². The number of hydrogen-bond acceptors (Lipinski definition) is 2. The van der Waals surface area contributed by atoms with E-state index < -0.39 is 0 Å². The zero-order valence-corrected chi connectivity index (χ0v) is 17.2. The maximum atomic E-state index is 6.06.